The number of benzene rings is 2. The van der Waals surface area contributed by atoms with Crippen LogP contribution in [0.4, 0.5) is 5.69 Å². The Morgan fingerprint density at radius 3 is 2.58 bits per heavy atom. The molecule has 0 fully saturated rings. The van der Waals surface area contributed by atoms with E-state index in [2.05, 4.69) is 5.32 Å². The lowest BCUT2D eigenvalue weighted by atomic mass is 10.2. The van der Waals surface area contributed by atoms with Crippen molar-refractivity contribution in [2.45, 2.75) is 23.1 Å². The Balaban J connectivity index is 2.10. The minimum Gasteiger partial charge on any atom is -0.452 e. The molecule has 0 spiro atoms. The van der Waals surface area contributed by atoms with E-state index >= 15 is 0 Å². The van der Waals surface area contributed by atoms with Crippen LogP contribution in [0.5, 0.6) is 0 Å². The van der Waals surface area contributed by atoms with Gasteiger partial charge in [0.05, 0.1) is 15.4 Å². The molecule has 2 aromatic rings. The average molecular weight is 374 g/mol. The third-order valence-corrected chi connectivity index (χ3v) is 4.34. The Hall–Kier alpha value is -2.87. The SMILES string of the molecule is CCCNC(=O)COC(=O)c1ccc(Sc2ccccc2)c([N+](=O)[O-])c1. The van der Waals surface area contributed by atoms with Gasteiger partial charge in [-0.2, -0.15) is 0 Å². The molecule has 2 aromatic carbocycles. The second kappa shape index (κ2) is 9.57. The summed E-state index contributed by atoms with van der Waals surface area (Å²) in [6.45, 7) is 1.97. The number of amides is 1. The van der Waals surface area contributed by atoms with Crippen LogP contribution >= 0.6 is 11.8 Å². The first-order valence-corrected chi connectivity index (χ1v) is 8.78. The van der Waals surface area contributed by atoms with Gasteiger partial charge in [0.1, 0.15) is 0 Å². The molecule has 0 unspecified atom stereocenters. The van der Waals surface area contributed by atoms with Crippen LogP contribution in [0.3, 0.4) is 0 Å². The van der Waals surface area contributed by atoms with E-state index in [1.807, 2.05) is 37.3 Å². The first kappa shape index (κ1) is 19.5. The number of nitrogens with one attached hydrogen (secondary N) is 1. The maximum absolute atomic E-state index is 12.0. The van der Waals surface area contributed by atoms with Crippen LogP contribution in [0, 0.1) is 10.1 Å². The van der Waals surface area contributed by atoms with Crippen molar-refractivity contribution in [1.82, 2.24) is 5.32 Å². The quantitative estimate of drug-likeness (QED) is 0.432. The number of hydrogen-bond donors (Lipinski definition) is 1. The number of esters is 1. The predicted molar refractivity (Wildman–Crippen MR) is 97.2 cm³/mol. The fraction of sp³-hybridized carbons (Fsp3) is 0.222. The van der Waals surface area contributed by atoms with E-state index < -0.39 is 23.4 Å². The molecule has 0 bridgehead atoms. The number of rotatable bonds is 8. The normalized spacial score (nSPS) is 10.2. The minimum absolute atomic E-state index is 0.0254. The average Bonchev–Trinajstić information content (AvgIpc) is 2.65. The topological polar surface area (TPSA) is 98.5 Å². The monoisotopic (exact) mass is 374 g/mol. The summed E-state index contributed by atoms with van der Waals surface area (Å²) in [7, 11) is 0. The third kappa shape index (κ3) is 5.59. The zero-order valence-corrected chi connectivity index (χ0v) is 15.0. The van der Waals surface area contributed by atoms with Gasteiger partial charge in [-0.1, -0.05) is 36.9 Å². The summed E-state index contributed by atoms with van der Waals surface area (Å²) in [6.07, 6.45) is 0.770. The highest BCUT2D eigenvalue weighted by Crippen LogP contribution is 2.35. The largest absolute Gasteiger partial charge is 0.452 e. The molecule has 0 aromatic heterocycles. The second-order valence-electron chi connectivity index (χ2n) is 5.28. The molecule has 26 heavy (non-hydrogen) atoms. The van der Waals surface area contributed by atoms with Gasteiger partial charge in [-0.25, -0.2) is 4.79 Å². The van der Waals surface area contributed by atoms with Crippen molar-refractivity contribution in [2.24, 2.45) is 0 Å². The molecule has 136 valence electrons. The van der Waals surface area contributed by atoms with Gasteiger partial charge >= 0.3 is 5.97 Å². The van der Waals surface area contributed by atoms with E-state index in [0.29, 0.717) is 11.4 Å². The van der Waals surface area contributed by atoms with Gasteiger partial charge in [0.25, 0.3) is 11.6 Å². The van der Waals surface area contributed by atoms with Crippen molar-refractivity contribution in [3.8, 4) is 0 Å². The lowest BCUT2D eigenvalue weighted by molar-refractivity contribution is -0.387. The van der Waals surface area contributed by atoms with Gasteiger partial charge < -0.3 is 10.1 Å². The number of carbonyl (C=O) groups excluding carboxylic acids is 2. The van der Waals surface area contributed by atoms with E-state index in [9.17, 15) is 19.7 Å². The van der Waals surface area contributed by atoms with Crippen LogP contribution in [0.15, 0.2) is 58.3 Å². The Morgan fingerprint density at radius 1 is 1.19 bits per heavy atom. The Bertz CT molecular complexity index is 795. The highest BCUT2D eigenvalue weighted by molar-refractivity contribution is 7.99. The van der Waals surface area contributed by atoms with Crippen molar-refractivity contribution < 1.29 is 19.2 Å². The molecule has 1 N–H and O–H groups in total. The molecule has 0 atom stereocenters. The van der Waals surface area contributed by atoms with Crippen LogP contribution in [-0.4, -0.2) is 30.0 Å². The van der Waals surface area contributed by atoms with Crippen LogP contribution in [0.1, 0.15) is 23.7 Å². The molecular weight excluding hydrogens is 356 g/mol. The standard InChI is InChI=1S/C18H18N2O5S/c1-2-10-19-17(21)12-25-18(22)13-8-9-16(15(11-13)20(23)24)26-14-6-4-3-5-7-14/h3-9,11H,2,10,12H2,1H3,(H,19,21). The van der Waals surface area contributed by atoms with E-state index in [4.69, 9.17) is 4.74 Å². The molecule has 1 amide bonds. The lowest BCUT2D eigenvalue weighted by Crippen LogP contribution is -2.29. The molecule has 0 saturated heterocycles. The number of nitro benzene ring substituents is 1. The summed E-state index contributed by atoms with van der Waals surface area (Å²) in [5.41, 5.74) is -0.166. The Kier molecular flexibility index (Phi) is 7.16. The molecule has 2 rings (SSSR count). The molecule has 0 aliphatic rings. The van der Waals surface area contributed by atoms with Crippen LogP contribution < -0.4 is 5.32 Å². The number of nitrogens with zero attached hydrogens (tertiary/aromatic N) is 1. The molecule has 8 heteroatoms. The first-order chi connectivity index (χ1) is 12.5. The highest BCUT2D eigenvalue weighted by atomic mass is 32.2. The molecule has 7 nitrogen and oxygen atoms in total. The number of hydrogen-bond acceptors (Lipinski definition) is 6. The van der Waals surface area contributed by atoms with E-state index in [1.54, 1.807) is 0 Å². The minimum atomic E-state index is -0.781. The van der Waals surface area contributed by atoms with Gasteiger partial charge in [0, 0.05) is 17.5 Å². The van der Waals surface area contributed by atoms with E-state index in [1.165, 1.54) is 23.9 Å². The zero-order chi connectivity index (χ0) is 18.9. The first-order valence-electron chi connectivity index (χ1n) is 7.96. The summed E-state index contributed by atoms with van der Waals surface area (Å²) >= 11 is 1.23. The molecule has 0 aliphatic heterocycles. The van der Waals surface area contributed by atoms with Crippen molar-refractivity contribution in [3.05, 3.63) is 64.2 Å². The summed E-state index contributed by atoms with van der Waals surface area (Å²) in [6, 6.07) is 13.3. The van der Waals surface area contributed by atoms with Crippen molar-refractivity contribution in [1.29, 1.82) is 0 Å². The Morgan fingerprint density at radius 2 is 1.92 bits per heavy atom. The molecular formula is C18H18N2O5S. The van der Waals surface area contributed by atoms with Crippen LogP contribution in [0.25, 0.3) is 0 Å². The van der Waals surface area contributed by atoms with Gasteiger partial charge in [-0.05, 0) is 30.7 Å². The van der Waals surface area contributed by atoms with Gasteiger partial charge in [-0.3, -0.25) is 14.9 Å². The maximum atomic E-state index is 12.0. The second-order valence-corrected chi connectivity index (χ2v) is 6.40. The molecule has 0 saturated carbocycles. The summed E-state index contributed by atoms with van der Waals surface area (Å²) in [5, 5.41) is 13.9. The predicted octanol–water partition coefficient (Wildman–Crippen LogP) is 3.43. The highest BCUT2D eigenvalue weighted by Gasteiger charge is 2.19. The fourth-order valence-electron chi connectivity index (χ4n) is 2.02. The fourth-order valence-corrected chi connectivity index (χ4v) is 2.94. The van der Waals surface area contributed by atoms with Crippen LogP contribution in [0.2, 0.25) is 0 Å². The molecule has 0 radical (unpaired) electrons. The van der Waals surface area contributed by atoms with Crippen LogP contribution in [-0.2, 0) is 9.53 Å². The van der Waals surface area contributed by atoms with E-state index in [-0.39, 0.29) is 11.3 Å². The van der Waals surface area contributed by atoms with Gasteiger partial charge in [-0.15, -0.1) is 0 Å². The van der Waals surface area contributed by atoms with Gasteiger partial charge in [0.15, 0.2) is 6.61 Å². The summed E-state index contributed by atoms with van der Waals surface area (Å²) < 4.78 is 4.90. The molecule has 0 aliphatic carbocycles. The number of nitro groups is 1. The zero-order valence-electron chi connectivity index (χ0n) is 14.1. The third-order valence-electron chi connectivity index (χ3n) is 3.27. The summed E-state index contributed by atoms with van der Waals surface area (Å²) in [4.78, 5) is 35.6. The van der Waals surface area contributed by atoms with E-state index in [0.717, 1.165) is 17.4 Å². The maximum Gasteiger partial charge on any atom is 0.338 e. The number of carbonyl (C=O) groups is 2. The van der Waals surface area contributed by atoms with Crippen molar-refractivity contribution >= 4 is 29.3 Å². The Labute approximate surface area is 154 Å². The summed E-state index contributed by atoms with van der Waals surface area (Å²) in [5.74, 6) is -1.19. The number of ether oxygens (including phenoxy) is 1. The lowest BCUT2D eigenvalue weighted by Gasteiger charge is -2.07. The molecule has 0 heterocycles. The van der Waals surface area contributed by atoms with Crippen molar-refractivity contribution in [2.75, 3.05) is 13.2 Å². The van der Waals surface area contributed by atoms with Gasteiger partial charge in [0.2, 0.25) is 0 Å². The smallest absolute Gasteiger partial charge is 0.338 e. The van der Waals surface area contributed by atoms with Crippen molar-refractivity contribution in [3.63, 3.8) is 0 Å².